The van der Waals surface area contributed by atoms with Gasteiger partial charge >= 0.3 is 0 Å². The summed E-state index contributed by atoms with van der Waals surface area (Å²) in [6.45, 7) is 1.91. The van der Waals surface area contributed by atoms with Crippen LogP contribution in [0.4, 0.5) is 0 Å². The summed E-state index contributed by atoms with van der Waals surface area (Å²) in [4.78, 5) is 23.4. The Bertz CT molecular complexity index is 677. The SMILES string of the molecule is CNC(=O)[C@@]1(CCCc2cnccn2)CCN1CCc1ccccc1. The molecule has 0 bridgehead atoms. The number of carbonyl (C=O) groups excluding carboxylic acids is 1. The molecule has 1 N–H and O–H groups in total. The summed E-state index contributed by atoms with van der Waals surface area (Å²) in [5.74, 6) is 0.144. The van der Waals surface area contributed by atoms with Crippen molar-refractivity contribution in [3.05, 3.63) is 60.2 Å². The number of rotatable bonds is 8. The lowest BCUT2D eigenvalue weighted by Crippen LogP contribution is -2.67. The number of likely N-dealkylation sites (tertiary alicyclic amines) is 1. The van der Waals surface area contributed by atoms with Crippen LogP contribution in [0, 0.1) is 0 Å². The standard InChI is InChI=1S/C20H26N4O/c1-21-19(25)20(10-5-8-18-16-22-12-13-23-18)11-15-24(20)14-9-17-6-3-2-4-7-17/h2-4,6-7,12-13,16H,5,8-11,14-15H2,1H3,(H,21,25)/t20-/m1/s1. The highest BCUT2D eigenvalue weighted by atomic mass is 16.2. The molecule has 1 aromatic heterocycles. The fraction of sp³-hybridized carbons (Fsp3) is 0.450. The van der Waals surface area contributed by atoms with Gasteiger partial charge in [0.25, 0.3) is 0 Å². The third-order valence-corrected chi connectivity index (χ3v) is 5.20. The number of nitrogens with zero attached hydrogens (tertiary/aromatic N) is 3. The van der Waals surface area contributed by atoms with Crippen molar-refractivity contribution in [3.63, 3.8) is 0 Å². The van der Waals surface area contributed by atoms with Crippen LogP contribution in [-0.4, -0.2) is 46.5 Å². The second-order valence-corrected chi connectivity index (χ2v) is 6.63. The Morgan fingerprint density at radius 2 is 2.08 bits per heavy atom. The van der Waals surface area contributed by atoms with Gasteiger partial charge in [-0.25, -0.2) is 0 Å². The van der Waals surface area contributed by atoms with Crippen LogP contribution in [0.25, 0.3) is 0 Å². The second-order valence-electron chi connectivity index (χ2n) is 6.63. The van der Waals surface area contributed by atoms with Crippen molar-refractivity contribution < 1.29 is 4.79 Å². The number of aromatic nitrogens is 2. The molecular weight excluding hydrogens is 312 g/mol. The fourth-order valence-corrected chi connectivity index (χ4v) is 3.68. The molecule has 1 saturated heterocycles. The van der Waals surface area contributed by atoms with E-state index in [2.05, 4.69) is 44.5 Å². The van der Waals surface area contributed by atoms with Gasteiger partial charge in [-0.15, -0.1) is 0 Å². The van der Waals surface area contributed by atoms with Crippen molar-refractivity contribution in [2.24, 2.45) is 0 Å². The molecular formula is C20H26N4O. The molecule has 25 heavy (non-hydrogen) atoms. The maximum atomic E-state index is 12.6. The molecule has 2 heterocycles. The molecule has 132 valence electrons. The predicted octanol–water partition coefficient (Wildman–Crippen LogP) is 2.23. The van der Waals surface area contributed by atoms with Crippen molar-refractivity contribution >= 4 is 5.91 Å². The number of aryl methyl sites for hydroxylation is 1. The monoisotopic (exact) mass is 338 g/mol. The summed E-state index contributed by atoms with van der Waals surface area (Å²) in [5, 5.41) is 2.88. The Kier molecular flexibility index (Phi) is 5.76. The van der Waals surface area contributed by atoms with E-state index >= 15 is 0 Å². The van der Waals surface area contributed by atoms with Crippen LogP contribution >= 0.6 is 0 Å². The van der Waals surface area contributed by atoms with E-state index in [4.69, 9.17) is 0 Å². The zero-order valence-corrected chi connectivity index (χ0v) is 14.8. The van der Waals surface area contributed by atoms with Crippen molar-refractivity contribution in [3.8, 4) is 0 Å². The summed E-state index contributed by atoms with van der Waals surface area (Å²) >= 11 is 0. The number of benzene rings is 1. The molecule has 3 rings (SSSR count). The van der Waals surface area contributed by atoms with Gasteiger partial charge in [0.15, 0.2) is 0 Å². The Balaban J connectivity index is 1.59. The molecule has 5 heteroatoms. The second kappa shape index (κ2) is 8.21. The van der Waals surface area contributed by atoms with E-state index in [0.717, 1.165) is 50.9 Å². The first-order chi connectivity index (χ1) is 12.2. The molecule has 1 aliphatic rings. The quantitative estimate of drug-likeness (QED) is 0.802. The number of nitrogens with one attached hydrogen (secondary N) is 1. The molecule has 0 aliphatic carbocycles. The van der Waals surface area contributed by atoms with Gasteiger partial charge in [0, 0.05) is 38.7 Å². The van der Waals surface area contributed by atoms with E-state index in [1.807, 2.05) is 6.07 Å². The average molecular weight is 338 g/mol. The molecule has 1 fully saturated rings. The maximum Gasteiger partial charge on any atom is 0.240 e. The number of hydrogen-bond donors (Lipinski definition) is 1. The topological polar surface area (TPSA) is 58.1 Å². The van der Waals surface area contributed by atoms with Crippen molar-refractivity contribution in [2.75, 3.05) is 20.1 Å². The molecule has 5 nitrogen and oxygen atoms in total. The van der Waals surface area contributed by atoms with Gasteiger partial charge in [0.1, 0.15) is 5.54 Å². The van der Waals surface area contributed by atoms with Crippen molar-refractivity contribution in [1.82, 2.24) is 20.2 Å². The molecule has 2 aromatic rings. The normalized spacial score (nSPS) is 20.0. The zero-order chi connectivity index (χ0) is 17.5. The van der Waals surface area contributed by atoms with Crippen LogP contribution < -0.4 is 5.32 Å². The van der Waals surface area contributed by atoms with E-state index < -0.39 is 0 Å². The number of carbonyl (C=O) groups is 1. The molecule has 0 spiro atoms. The third-order valence-electron chi connectivity index (χ3n) is 5.20. The summed E-state index contributed by atoms with van der Waals surface area (Å²) in [6, 6.07) is 10.5. The van der Waals surface area contributed by atoms with Crippen LogP contribution in [0.1, 0.15) is 30.5 Å². The Morgan fingerprint density at radius 3 is 2.72 bits per heavy atom. The van der Waals surface area contributed by atoms with Crippen molar-refractivity contribution in [1.29, 1.82) is 0 Å². The molecule has 1 aromatic carbocycles. The van der Waals surface area contributed by atoms with E-state index in [-0.39, 0.29) is 11.4 Å². The van der Waals surface area contributed by atoms with Gasteiger partial charge in [-0.1, -0.05) is 30.3 Å². The van der Waals surface area contributed by atoms with Gasteiger partial charge in [-0.3, -0.25) is 19.7 Å². The summed E-state index contributed by atoms with van der Waals surface area (Å²) in [6.07, 6.45) is 9.78. The van der Waals surface area contributed by atoms with Crippen LogP contribution in [-0.2, 0) is 17.6 Å². The molecule has 0 radical (unpaired) electrons. The lowest BCUT2D eigenvalue weighted by atomic mass is 9.78. The van der Waals surface area contributed by atoms with E-state index in [0.29, 0.717) is 0 Å². The number of likely N-dealkylation sites (N-methyl/N-ethyl adjacent to an activating group) is 1. The molecule has 0 unspecified atom stereocenters. The highest BCUT2D eigenvalue weighted by Gasteiger charge is 2.49. The lowest BCUT2D eigenvalue weighted by Gasteiger charge is -2.51. The minimum atomic E-state index is -0.355. The first-order valence-corrected chi connectivity index (χ1v) is 9.01. The fourth-order valence-electron chi connectivity index (χ4n) is 3.68. The maximum absolute atomic E-state index is 12.6. The van der Waals surface area contributed by atoms with Crippen LogP contribution in [0.5, 0.6) is 0 Å². The Morgan fingerprint density at radius 1 is 1.24 bits per heavy atom. The summed E-state index contributed by atoms with van der Waals surface area (Å²) < 4.78 is 0. The minimum absolute atomic E-state index is 0.144. The van der Waals surface area contributed by atoms with Gasteiger partial charge in [0.05, 0.1) is 5.69 Å². The van der Waals surface area contributed by atoms with Gasteiger partial charge < -0.3 is 5.32 Å². The summed E-state index contributed by atoms with van der Waals surface area (Å²) in [7, 11) is 1.74. The Hall–Kier alpha value is -2.27. The minimum Gasteiger partial charge on any atom is -0.358 e. The molecule has 1 aliphatic heterocycles. The third kappa shape index (κ3) is 4.04. The number of hydrogen-bond acceptors (Lipinski definition) is 4. The first-order valence-electron chi connectivity index (χ1n) is 9.01. The first kappa shape index (κ1) is 17.5. The molecule has 1 atom stereocenters. The molecule has 1 amide bonds. The summed E-state index contributed by atoms with van der Waals surface area (Å²) in [5.41, 5.74) is 1.95. The largest absolute Gasteiger partial charge is 0.358 e. The van der Waals surface area contributed by atoms with Gasteiger partial charge in [-0.05, 0) is 37.7 Å². The van der Waals surface area contributed by atoms with Crippen LogP contribution in [0.3, 0.4) is 0 Å². The van der Waals surface area contributed by atoms with E-state index in [9.17, 15) is 4.79 Å². The Labute approximate surface area is 149 Å². The van der Waals surface area contributed by atoms with Crippen LogP contribution in [0.15, 0.2) is 48.9 Å². The highest BCUT2D eigenvalue weighted by Crippen LogP contribution is 2.35. The van der Waals surface area contributed by atoms with E-state index in [1.165, 1.54) is 5.56 Å². The highest BCUT2D eigenvalue weighted by molar-refractivity contribution is 5.87. The lowest BCUT2D eigenvalue weighted by molar-refractivity contribution is -0.143. The van der Waals surface area contributed by atoms with E-state index in [1.54, 1.807) is 25.6 Å². The number of amides is 1. The smallest absolute Gasteiger partial charge is 0.240 e. The average Bonchev–Trinajstić information content (AvgIpc) is 2.65. The van der Waals surface area contributed by atoms with Gasteiger partial charge in [-0.2, -0.15) is 0 Å². The predicted molar refractivity (Wildman–Crippen MR) is 98.1 cm³/mol. The van der Waals surface area contributed by atoms with Gasteiger partial charge in [0.2, 0.25) is 5.91 Å². The molecule has 0 saturated carbocycles. The van der Waals surface area contributed by atoms with Crippen molar-refractivity contribution in [2.45, 2.75) is 37.6 Å². The zero-order valence-electron chi connectivity index (χ0n) is 14.8. The van der Waals surface area contributed by atoms with Crippen LogP contribution in [0.2, 0.25) is 0 Å².